The molecule has 1 aliphatic carbocycles. The molecule has 100 valence electrons. The molecule has 1 heterocycles. The molecule has 0 aliphatic heterocycles. The summed E-state index contributed by atoms with van der Waals surface area (Å²) in [6.07, 6.45) is 6.52. The molecule has 2 nitrogen and oxygen atoms in total. The van der Waals surface area contributed by atoms with E-state index < -0.39 is 0 Å². The quantitative estimate of drug-likeness (QED) is 0.727. The molecule has 1 aromatic carbocycles. The summed E-state index contributed by atoms with van der Waals surface area (Å²) in [4.78, 5) is 4.15. The third kappa shape index (κ3) is 2.71. The second-order valence-electron chi connectivity index (χ2n) is 4.67. The van der Waals surface area contributed by atoms with Gasteiger partial charge in [0.1, 0.15) is 17.0 Å². The van der Waals surface area contributed by atoms with E-state index >= 15 is 0 Å². The topological polar surface area (TPSA) is 22.1 Å². The van der Waals surface area contributed by atoms with Crippen molar-refractivity contribution in [1.29, 1.82) is 0 Å². The average molecular weight is 359 g/mol. The monoisotopic (exact) mass is 357 g/mol. The first-order valence-electron chi connectivity index (χ1n) is 6.10. The Labute approximate surface area is 130 Å². The lowest BCUT2D eigenvalue weighted by atomic mass is 9.95. The average Bonchev–Trinajstić information content (AvgIpc) is 2.36. The molecule has 3 rings (SSSR count). The molecule has 2 aromatic rings. The second kappa shape index (κ2) is 5.51. The van der Waals surface area contributed by atoms with Crippen LogP contribution in [0.5, 0.6) is 5.75 Å². The summed E-state index contributed by atoms with van der Waals surface area (Å²) in [6.45, 7) is 0. The van der Waals surface area contributed by atoms with Gasteiger partial charge in [-0.15, -0.1) is 0 Å². The number of thioether (sulfide) groups is 1. The molecule has 0 amide bonds. The normalized spacial score (nSPS) is 22.3. The Bertz CT molecular complexity index is 616. The van der Waals surface area contributed by atoms with Crippen LogP contribution in [0.25, 0.3) is 10.8 Å². The van der Waals surface area contributed by atoms with Gasteiger partial charge in [-0.1, -0.05) is 27.5 Å². The number of aromatic nitrogens is 1. The molecular weight excluding hydrogens is 346 g/mol. The highest BCUT2D eigenvalue weighted by molar-refractivity contribution is 9.10. The molecule has 0 unspecified atom stereocenters. The maximum Gasteiger partial charge on any atom is 0.129 e. The SMILES string of the molecule is CSC1CC(Oc2ccc(Br)c3cc(Cl)ncc23)C1. The Balaban J connectivity index is 1.90. The number of rotatable bonds is 3. The predicted molar refractivity (Wildman–Crippen MR) is 85.4 cm³/mol. The van der Waals surface area contributed by atoms with Gasteiger partial charge in [-0.2, -0.15) is 11.8 Å². The molecule has 0 saturated heterocycles. The fraction of sp³-hybridized carbons (Fsp3) is 0.357. The van der Waals surface area contributed by atoms with Crippen molar-refractivity contribution >= 4 is 50.1 Å². The van der Waals surface area contributed by atoms with Gasteiger partial charge >= 0.3 is 0 Å². The van der Waals surface area contributed by atoms with Gasteiger partial charge in [0.2, 0.25) is 0 Å². The van der Waals surface area contributed by atoms with E-state index in [4.69, 9.17) is 16.3 Å². The molecule has 1 aliphatic rings. The van der Waals surface area contributed by atoms with Crippen molar-refractivity contribution < 1.29 is 4.74 Å². The van der Waals surface area contributed by atoms with Crippen LogP contribution in [0, 0.1) is 0 Å². The van der Waals surface area contributed by atoms with Crippen molar-refractivity contribution in [3.63, 3.8) is 0 Å². The van der Waals surface area contributed by atoms with Gasteiger partial charge < -0.3 is 4.74 Å². The summed E-state index contributed by atoms with van der Waals surface area (Å²) in [5.74, 6) is 0.895. The minimum atomic E-state index is 0.331. The fourth-order valence-corrected chi connectivity index (χ4v) is 3.67. The molecule has 0 radical (unpaired) electrons. The summed E-state index contributed by atoms with van der Waals surface area (Å²) in [7, 11) is 0. The van der Waals surface area contributed by atoms with E-state index in [1.165, 1.54) is 0 Å². The van der Waals surface area contributed by atoms with E-state index in [1.54, 1.807) is 6.20 Å². The van der Waals surface area contributed by atoms with E-state index in [1.807, 2.05) is 30.0 Å². The van der Waals surface area contributed by atoms with Crippen molar-refractivity contribution in [1.82, 2.24) is 4.98 Å². The third-order valence-corrected chi connectivity index (χ3v) is 5.40. The molecule has 5 heteroatoms. The molecule has 0 atom stereocenters. The summed E-state index contributed by atoms with van der Waals surface area (Å²) >= 11 is 11.4. The van der Waals surface area contributed by atoms with E-state index in [2.05, 4.69) is 27.2 Å². The summed E-state index contributed by atoms with van der Waals surface area (Å²) in [5, 5.41) is 3.29. The smallest absolute Gasteiger partial charge is 0.129 e. The van der Waals surface area contributed by atoms with E-state index in [0.717, 1.165) is 39.1 Å². The number of hydrogen-bond donors (Lipinski definition) is 0. The molecule has 19 heavy (non-hydrogen) atoms. The molecule has 0 spiro atoms. The first-order valence-corrected chi connectivity index (χ1v) is 8.56. The summed E-state index contributed by atoms with van der Waals surface area (Å²) < 4.78 is 7.08. The second-order valence-corrected chi connectivity index (χ2v) is 7.05. The van der Waals surface area contributed by atoms with Gasteiger partial charge in [-0.3, -0.25) is 0 Å². The van der Waals surface area contributed by atoms with Crippen LogP contribution >= 0.6 is 39.3 Å². The Morgan fingerprint density at radius 3 is 2.89 bits per heavy atom. The van der Waals surface area contributed by atoms with Crippen LogP contribution in [-0.2, 0) is 0 Å². The third-order valence-electron chi connectivity index (χ3n) is 3.45. The van der Waals surface area contributed by atoms with Crippen LogP contribution in [0.3, 0.4) is 0 Å². The predicted octanol–water partition coefficient (Wildman–Crippen LogP) is 4.92. The highest BCUT2D eigenvalue weighted by atomic mass is 79.9. The molecule has 1 fully saturated rings. The molecule has 0 N–H and O–H groups in total. The fourth-order valence-electron chi connectivity index (χ4n) is 2.24. The largest absolute Gasteiger partial charge is 0.490 e. The molecule has 1 saturated carbocycles. The number of pyridine rings is 1. The number of nitrogens with zero attached hydrogens (tertiary/aromatic N) is 1. The van der Waals surface area contributed by atoms with Crippen molar-refractivity contribution in [3.8, 4) is 5.75 Å². The lowest BCUT2D eigenvalue weighted by Crippen LogP contribution is -2.35. The van der Waals surface area contributed by atoms with E-state index in [-0.39, 0.29) is 0 Å². The van der Waals surface area contributed by atoms with Crippen LogP contribution in [0.4, 0.5) is 0 Å². The number of halogens is 2. The first kappa shape index (κ1) is 13.5. The van der Waals surface area contributed by atoms with Crippen molar-refractivity contribution in [2.24, 2.45) is 0 Å². The summed E-state index contributed by atoms with van der Waals surface area (Å²) in [6, 6.07) is 5.85. The number of hydrogen-bond acceptors (Lipinski definition) is 3. The zero-order valence-electron chi connectivity index (χ0n) is 10.4. The van der Waals surface area contributed by atoms with Gasteiger partial charge in [0.15, 0.2) is 0 Å². The Morgan fingerprint density at radius 1 is 1.37 bits per heavy atom. The van der Waals surface area contributed by atoms with Crippen LogP contribution in [-0.4, -0.2) is 22.6 Å². The van der Waals surface area contributed by atoms with Crippen molar-refractivity contribution in [2.75, 3.05) is 6.26 Å². The van der Waals surface area contributed by atoms with Gasteiger partial charge in [0.05, 0.1) is 0 Å². The van der Waals surface area contributed by atoms with Crippen LogP contribution in [0.1, 0.15) is 12.8 Å². The maximum atomic E-state index is 6.07. The van der Waals surface area contributed by atoms with Gasteiger partial charge in [0, 0.05) is 26.7 Å². The molecular formula is C14H13BrClNOS. The van der Waals surface area contributed by atoms with Crippen molar-refractivity contribution in [3.05, 3.63) is 34.0 Å². The lowest BCUT2D eigenvalue weighted by Gasteiger charge is -2.34. The highest BCUT2D eigenvalue weighted by Crippen LogP contribution is 2.37. The molecule has 0 bridgehead atoms. The minimum absolute atomic E-state index is 0.331. The Kier molecular flexibility index (Phi) is 3.92. The number of fused-ring (bicyclic) bond motifs is 1. The van der Waals surface area contributed by atoms with Gasteiger partial charge in [-0.05, 0) is 37.3 Å². The zero-order valence-corrected chi connectivity index (χ0v) is 13.6. The van der Waals surface area contributed by atoms with Gasteiger partial charge in [-0.25, -0.2) is 4.98 Å². The number of ether oxygens (including phenoxy) is 1. The number of benzene rings is 1. The van der Waals surface area contributed by atoms with Crippen molar-refractivity contribution in [2.45, 2.75) is 24.2 Å². The lowest BCUT2D eigenvalue weighted by molar-refractivity contribution is 0.128. The van der Waals surface area contributed by atoms with Gasteiger partial charge in [0.25, 0.3) is 0 Å². The standard InChI is InChI=1S/C14H13BrClNOS/c1-19-9-4-8(5-9)18-13-3-2-12(15)10-6-14(16)17-7-11(10)13/h2-3,6-9H,4-5H2,1H3. The van der Waals surface area contributed by atoms with E-state index in [0.29, 0.717) is 11.3 Å². The van der Waals surface area contributed by atoms with Crippen LogP contribution < -0.4 is 4.74 Å². The molecule has 1 aromatic heterocycles. The zero-order chi connectivity index (χ0) is 13.4. The first-order chi connectivity index (χ1) is 9.17. The van der Waals surface area contributed by atoms with Crippen LogP contribution in [0.2, 0.25) is 5.15 Å². The summed E-state index contributed by atoms with van der Waals surface area (Å²) in [5.41, 5.74) is 0. The maximum absolute atomic E-state index is 6.07. The minimum Gasteiger partial charge on any atom is -0.490 e. The Hall–Kier alpha value is -0.450. The van der Waals surface area contributed by atoms with Crippen LogP contribution in [0.15, 0.2) is 28.9 Å². The highest BCUT2D eigenvalue weighted by Gasteiger charge is 2.30. The van der Waals surface area contributed by atoms with E-state index in [9.17, 15) is 0 Å². The Morgan fingerprint density at radius 2 is 2.16 bits per heavy atom.